The predicted octanol–water partition coefficient (Wildman–Crippen LogP) is 0.466. The molecule has 1 fully saturated rings. The van der Waals surface area contributed by atoms with Crippen molar-refractivity contribution in [3.05, 3.63) is 0 Å². The molecule has 1 saturated heterocycles. The SMILES string of the molecule is CCOCC1(C)CC(=O)NC(=O)C1. The van der Waals surface area contributed by atoms with Crippen molar-refractivity contribution in [2.24, 2.45) is 5.41 Å². The zero-order chi connectivity index (χ0) is 9.90. The fraction of sp³-hybridized carbons (Fsp3) is 0.778. The van der Waals surface area contributed by atoms with Crippen LogP contribution >= 0.6 is 0 Å². The van der Waals surface area contributed by atoms with E-state index in [1.165, 1.54) is 0 Å². The van der Waals surface area contributed by atoms with Crippen molar-refractivity contribution in [1.29, 1.82) is 0 Å². The summed E-state index contributed by atoms with van der Waals surface area (Å²) < 4.78 is 5.24. The van der Waals surface area contributed by atoms with Gasteiger partial charge in [0.25, 0.3) is 0 Å². The van der Waals surface area contributed by atoms with Crippen LogP contribution in [0.3, 0.4) is 0 Å². The van der Waals surface area contributed by atoms with Crippen LogP contribution in [0.2, 0.25) is 0 Å². The molecule has 0 aliphatic carbocycles. The van der Waals surface area contributed by atoms with Gasteiger partial charge in [-0.3, -0.25) is 14.9 Å². The van der Waals surface area contributed by atoms with Gasteiger partial charge in [-0.2, -0.15) is 0 Å². The lowest BCUT2D eigenvalue weighted by atomic mass is 9.81. The standard InChI is InChI=1S/C9H15NO3/c1-3-13-6-9(2)4-7(11)10-8(12)5-9/h3-6H2,1-2H3,(H,10,11,12). The van der Waals surface area contributed by atoms with E-state index in [1.807, 2.05) is 13.8 Å². The van der Waals surface area contributed by atoms with Gasteiger partial charge >= 0.3 is 0 Å². The summed E-state index contributed by atoms with van der Waals surface area (Å²) in [5, 5.41) is 2.28. The van der Waals surface area contributed by atoms with E-state index in [0.29, 0.717) is 26.1 Å². The Morgan fingerprint density at radius 1 is 1.38 bits per heavy atom. The lowest BCUT2D eigenvalue weighted by Crippen LogP contribution is -2.45. The largest absolute Gasteiger partial charge is 0.381 e. The van der Waals surface area contributed by atoms with Gasteiger partial charge in [-0.05, 0) is 6.92 Å². The Morgan fingerprint density at radius 3 is 2.38 bits per heavy atom. The Hall–Kier alpha value is -0.900. The lowest BCUT2D eigenvalue weighted by molar-refractivity contribution is -0.139. The van der Waals surface area contributed by atoms with Crippen molar-refractivity contribution in [3.8, 4) is 0 Å². The van der Waals surface area contributed by atoms with Crippen molar-refractivity contribution in [2.45, 2.75) is 26.7 Å². The van der Waals surface area contributed by atoms with E-state index in [0.717, 1.165) is 0 Å². The highest BCUT2D eigenvalue weighted by molar-refractivity contribution is 5.98. The maximum Gasteiger partial charge on any atom is 0.227 e. The fourth-order valence-corrected chi connectivity index (χ4v) is 1.53. The monoisotopic (exact) mass is 185 g/mol. The van der Waals surface area contributed by atoms with Gasteiger partial charge in [0.15, 0.2) is 0 Å². The number of ether oxygens (including phenoxy) is 1. The number of hydrogen-bond acceptors (Lipinski definition) is 3. The molecule has 0 radical (unpaired) electrons. The summed E-state index contributed by atoms with van der Waals surface area (Å²) in [5.74, 6) is -0.392. The van der Waals surface area contributed by atoms with Gasteiger partial charge in [-0.25, -0.2) is 0 Å². The van der Waals surface area contributed by atoms with E-state index < -0.39 is 0 Å². The third kappa shape index (κ3) is 2.81. The number of hydrogen-bond donors (Lipinski definition) is 1. The maximum atomic E-state index is 11.1. The van der Waals surface area contributed by atoms with Crippen LogP contribution in [0.4, 0.5) is 0 Å². The molecular formula is C9H15NO3. The molecule has 0 saturated carbocycles. The highest BCUT2D eigenvalue weighted by atomic mass is 16.5. The molecule has 4 heteroatoms. The molecule has 0 aromatic rings. The molecule has 1 N–H and O–H groups in total. The van der Waals surface area contributed by atoms with Gasteiger partial charge in [-0.1, -0.05) is 6.92 Å². The number of rotatable bonds is 3. The zero-order valence-corrected chi connectivity index (χ0v) is 8.05. The lowest BCUT2D eigenvalue weighted by Gasteiger charge is -2.31. The fourth-order valence-electron chi connectivity index (χ4n) is 1.53. The van der Waals surface area contributed by atoms with Crippen molar-refractivity contribution in [3.63, 3.8) is 0 Å². The van der Waals surface area contributed by atoms with E-state index in [1.54, 1.807) is 0 Å². The van der Waals surface area contributed by atoms with E-state index in [9.17, 15) is 9.59 Å². The minimum Gasteiger partial charge on any atom is -0.381 e. The molecule has 1 heterocycles. The Morgan fingerprint density at radius 2 is 1.92 bits per heavy atom. The van der Waals surface area contributed by atoms with Gasteiger partial charge in [-0.15, -0.1) is 0 Å². The maximum absolute atomic E-state index is 11.1. The van der Waals surface area contributed by atoms with Crippen LogP contribution in [0.15, 0.2) is 0 Å². The Balaban J connectivity index is 2.55. The minimum atomic E-state index is -0.310. The van der Waals surface area contributed by atoms with Crippen LogP contribution in [0.5, 0.6) is 0 Å². The highest BCUT2D eigenvalue weighted by Gasteiger charge is 2.35. The average molecular weight is 185 g/mol. The summed E-state index contributed by atoms with van der Waals surface area (Å²) in [6.45, 7) is 4.89. The van der Waals surface area contributed by atoms with Crippen LogP contribution in [0.1, 0.15) is 26.7 Å². The second-order valence-corrected chi connectivity index (χ2v) is 3.77. The quantitative estimate of drug-likeness (QED) is 0.650. The average Bonchev–Trinajstić information content (AvgIpc) is 1.98. The Kier molecular flexibility index (Phi) is 3.03. The highest BCUT2D eigenvalue weighted by Crippen LogP contribution is 2.29. The second-order valence-electron chi connectivity index (χ2n) is 3.77. The molecule has 4 nitrogen and oxygen atoms in total. The second kappa shape index (κ2) is 3.87. The van der Waals surface area contributed by atoms with E-state index >= 15 is 0 Å². The number of amides is 2. The summed E-state index contributed by atoms with van der Waals surface area (Å²) in [4.78, 5) is 22.1. The topological polar surface area (TPSA) is 55.4 Å². The molecule has 1 aliphatic heterocycles. The van der Waals surface area contributed by atoms with Crippen LogP contribution in [-0.2, 0) is 14.3 Å². The number of carbonyl (C=O) groups excluding carboxylic acids is 2. The van der Waals surface area contributed by atoms with Crippen LogP contribution < -0.4 is 5.32 Å². The number of piperidine rings is 1. The molecule has 0 aromatic carbocycles. The molecule has 0 atom stereocenters. The summed E-state index contributed by atoms with van der Waals surface area (Å²) >= 11 is 0. The van der Waals surface area contributed by atoms with Crippen molar-refractivity contribution in [1.82, 2.24) is 5.32 Å². The van der Waals surface area contributed by atoms with Gasteiger partial charge in [0.2, 0.25) is 11.8 Å². The summed E-state index contributed by atoms with van der Waals surface area (Å²) in [7, 11) is 0. The van der Waals surface area contributed by atoms with Gasteiger partial charge < -0.3 is 4.74 Å². The molecule has 74 valence electrons. The first-order chi connectivity index (χ1) is 6.06. The first-order valence-corrected chi connectivity index (χ1v) is 4.46. The van der Waals surface area contributed by atoms with Crippen molar-refractivity contribution < 1.29 is 14.3 Å². The van der Waals surface area contributed by atoms with Gasteiger partial charge in [0, 0.05) is 24.9 Å². The van der Waals surface area contributed by atoms with Crippen LogP contribution in [-0.4, -0.2) is 25.0 Å². The number of imide groups is 1. The smallest absolute Gasteiger partial charge is 0.227 e. The Bertz CT molecular complexity index is 209. The summed E-state index contributed by atoms with van der Waals surface area (Å²) in [5.41, 5.74) is -0.310. The van der Waals surface area contributed by atoms with Crippen molar-refractivity contribution >= 4 is 11.8 Å². The molecule has 0 aromatic heterocycles. The molecule has 1 aliphatic rings. The molecule has 1 rings (SSSR count). The summed E-state index contributed by atoms with van der Waals surface area (Å²) in [6.07, 6.45) is 0.747. The van der Waals surface area contributed by atoms with Crippen LogP contribution in [0.25, 0.3) is 0 Å². The molecule has 0 bridgehead atoms. The number of carbonyl (C=O) groups is 2. The van der Waals surface area contributed by atoms with Gasteiger partial charge in [0.05, 0.1) is 6.61 Å². The van der Waals surface area contributed by atoms with E-state index in [4.69, 9.17) is 4.74 Å². The van der Waals surface area contributed by atoms with E-state index in [2.05, 4.69) is 5.32 Å². The molecule has 0 unspecified atom stereocenters. The summed E-state index contributed by atoms with van der Waals surface area (Å²) in [6, 6.07) is 0. The van der Waals surface area contributed by atoms with Crippen LogP contribution in [0, 0.1) is 5.41 Å². The molecule has 13 heavy (non-hydrogen) atoms. The number of nitrogens with one attached hydrogen (secondary N) is 1. The van der Waals surface area contributed by atoms with E-state index in [-0.39, 0.29) is 17.2 Å². The minimum absolute atomic E-state index is 0.196. The van der Waals surface area contributed by atoms with Crippen molar-refractivity contribution in [2.75, 3.05) is 13.2 Å². The molecule has 2 amide bonds. The molecule has 0 spiro atoms. The third-order valence-corrected chi connectivity index (χ3v) is 2.11. The Labute approximate surface area is 77.6 Å². The molecular weight excluding hydrogens is 170 g/mol. The zero-order valence-electron chi connectivity index (χ0n) is 8.05. The first-order valence-electron chi connectivity index (χ1n) is 4.46. The van der Waals surface area contributed by atoms with Gasteiger partial charge in [0.1, 0.15) is 0 Å². The predicted molar refractivity (Wildman–Crippen MR) is 47.0 cm³/mol. The first kappa shape index (κ1) is 10.2. The normalized spacial score (nSPS) is 21.4. The third-order valence-electron chi connectivity index (χ3n) is 2.11.